The molecule has 0 amide bonds. The Morgan fingerprint density at radius 2 is 1.14 bits per heavy atom. The number of halogens is 2. The third-order valence-corrected chi connectivity index (χ3v) is 12.7. The minimum Gasteiger partial charge on any atom is -0.233 e. The van der Waals surface area contributed by atoms with E-state index >= 15 is 0 Å². The van der Waals surface area contributed by atoms with Crippen LogP contribution in [0.3, 0.4) is 0 Å². The molecule has 0 heterocycles. The summed E-state index contributed by atoms with van der Waals surface area (Å²) in [7, 11) is -0.945. The number of allylic oxidation sites excluding steroid dienone is 10. The molecule has 0 N–H and O–H groups in total. The van der Waals surface area contributed by atoms with E-state index in [0.717, 1.165) is 21.9 Å². The summed E-state index contributed by atoms with van der Waals surface area (Å²) in [4.78, 5) is 0. The van der Waals surface area contributed by atoms with Gasteiger partial charge >= 0.3 is 0 Å². The van der Waals surface area contributed by atoms with Crippen LogP contribution in [0.1, 0.15) is 25.7 Å². The van der Waals surface area contributed by atoms with Gasteiger partial charge < -0.3 is 0 Å². The van der Waals surface area contributed by atoms with Crippen LogP contribution in [-0.2, 0) is 0 Å². The van der Waals surface area contributed by atoms with Gasteiger partial charge in [-0.15, -0.1) is 0 Å². The second-order valence-corrected chi connectivity index (χ2v) is 15.2. The Hall–Kier alpha value is -0.630. The van der Waals surface area contributed by atoms with Gasteiger partial charge in [-0.2, -0.15) is 0 Å². The molecule has 0 aromatic heterocycles. The molecule has 2 fully saturated rings. The van der Waals surface area contributed by atoms with Crippen LogP contribution in [0.15, 0.2) is 69.8 Å². The van der Waals surface area contributed by atoms with E-state index in [9.17, 15) is 0 Å². The third-order valence-electron chi connectivity index (χ3n) is 8.15. The van der Waals surface area contributed by atoms with Crippen molar-refractivity contribution >= 4 is 33.2 Å². The van der Waals surface area contributed by atoms with Crippen molar-refractivity contribution in [3.05, 3.63) is 69.8 Å². The molecular weight excluding hydrogens is 415 g/mol. The van der Waals surface area contributed by atoms with Gasteiger partial charge in [-0.3, -0.25) is 0 Å². The van der Waals surface area contributed by atoms with Crippen LogP contribution >= 0.6 is 33.2 Å². The molecule has 6 aliphatic carbocycles. The maximum absolute atomic E-state index is 6.73. The van der Waals surface area contributed by atoms with Gasteiger partial charge in [0, 0.05) is 44.2 Å². The first-order valence-corrected chi connectivity index (χ1v) is 14.5. The molecule has 0 nitrogen and oxygen atoms in total. The van der Waals surface area contributed by atoms with E-state index in [1.165, 1.54) is 25.7 Å². The number of rotatable bonds is 4. The lowest BCUT2D eigenvalue weighted by molar-refractivity contribution is 0.561. The Kier molecular flexibility index (Phi) is 4.40. The van der Waals surface area contributed by atoms with E-state index in [0.29, 0.717) is 34.2 Å². The standard InChI is InChI=1S/C26H30Cl2S/c1-29(2,25-17-5-3-7-23(27)21(17)13-19(25)15-9-10-15)26-18-6-4-8-24(28)22(18)14-20(26)16-11-12-16/h3-8,13-18,21-22,25-26H,9-12H2,1-2H3. The molecule has 0 aromatic carbocycles. The summed E-state index contributed by atoms with van der Waals surface area (Å²) in [6.45, 7) is 0. The average molecular weight is 445 g/mol. The Balaban J connectivity index is 1.42. The number of hydrogen-bond donors (Lipinski definition) is 0. The first-order chi connectivity index (χ1) is 14.0. The van der Waals surface area contributed by atoms with Crippen LogP contribution in [0.25, 0.3) is 0 Å². The van der Waals surface area contributed by atoms with Crippen molar-refractivity contribution in [1.82, 2.24) is 0 Å². The summed E-state index contributed by atoms with van der Waals surface area (Å²) in [5.41, 5.74) is 3.50. The lowest BCUT2D eigenvalue weighted by Crippen LogP contribution is -2.38. The van der Waals surface area contributed by atoms with Crippen LogP contribution in [0.2, 0.25) is 0 Å². The monoisotopic (exact) mass is 444 g/mol. The van der Waals surface area contributed by atoms with Gasteiger partial charge in [0.15, 0.2) is 0 Å². The van der Waals surface area contributed by atoms with Crippen LogP contribution in [0, 0.1) is 35.5 Å². The van der Waals surface area contributed by atoms with Crippen molar-refractivity contribution in [3.8, 4) is 0 Å². The summed E-state index contributed by atoms with van der Waals surface area (Å²) < 4.78 is 0. The van der Waals surface area contributed by atoms with Gasteiger partial charge in [-0.25, -0.2) is 10.0 Å². The van der Waals surface area contributed by atoms with E-state index in [2.05, 4.69) is 61.1 Å². The molecule has 6 rings (SSSR count). The van der Waals surface area contributed by atoms with Crippen molar-refractivity contribution in [2.75, 3.05) is 12.5 Å². The van der Waals surface area contributed by atoms with Crippen LogP contribution in [0.4, 0.5) is 0 Å². The third kappa shape index (κ3) is 2.94. The fourth-order valence-corrected chi connectivity index (χ4v) is 11.6. The molecule has 0 radical (unpaired) electrons. The topological polar surface area (TPSA) is 0 Å². The van der Waals surface area contributed by atoms with Crippen LogP contribution < -0.4 is 0 Å². The highest BCUT2D eigenvalue weighted by Gasteiger charge is 2.55. The van der Waals surface area contributed by atoms with E-state index in [4.69, 9.17) is 23.2 Å². The molecule has 3 heteroatoms. The SMILES string of the molecule is CS(C)(C1C(C2CC2)=CC2C(Cl)=CC=CC21)C1C(C2CC2)=CC2C(Cl)=CC=CC21. The molecule has 0 saturated heterocycles. The summed E-state index contributed by atoms with van der Waals surface area (Å²) in [5.74, 6) is 3.53. The number of fused-ring (bicyclic) bond motifs is 2. The van der Waals surface area contributed by atoms with E-state index < -0.39 is 10.0 Å². The second-order valence-electron chi connectivity index (χ2n) is 10.3. The summed E-state index contributed by atoms with van der Waals surface area (Å²) >= 11 is 13.5. The molecule has 2 saturated carbocycles. The lowest BCUT2D eigenvalue weighted by Gasteiger charge is -2.51. The lowest BCUT2D eigenvalue weighted by atomic mass is 9.90. The zero-order valence-electron chi connectivity index (χ0n) is 17.2. The van der Waals surface area contributed by atoms with Gasteiger partial charge in [0.1, 0.15) is 0 Å². The van der Waals surface area contributed by atoms with Crippen LogP contribution in [-0.4, -0.2) is 23.0 Å². The molecule has 6 atom stereocenters. The maximum Gasteiger partial charge on any atom is 0.0256 e. The van der Waals surface area contributed by atoms with Gasteiger partial charge in [0.05, 0.1) is 0 Å². The van der Waals surface area contributed by atoms with Gasteiger partial charge in [-0.05, 0) is 62.2 Å². The van der Waals surface area contributed by atoms with E-state index in [-0.39, 0.29) is 0 Å². The Labute approximate surface area is 186 Å². The number of hydrogen-bond acceptors (Lipinski definition) is 0. The molecule has 0 bridgehead atoms. The summed E-state index contributed by atoms with van der Waals surface area (Å²) in [6.07, 6.45) is 29.5. The van der Waals surface area contributed by atoms with Gasteiger partial charge in [0.25, 0.3) is 0 Å². The van der Waals surface area contributed by atoms with Gasteiger partial charge in [-0.1, -0.05) is 70.8 Å². The molecule has 29 heavy (non-hydrogen) atoms. The van der Waals surface area contributed by atoms with Crippen molar-refractivity contribution in [3.63, 3.8) is 0 Å². The minimum absolute atomic E-state index is 0.407. The quantitative estimate of drug-likeness (QED) is 0.397. The molecule has 154 valence electrons. The van der Waals surface area contributed by atoms with E-state index in [1.807, 2.05) is 0 Å². The highest BCUT2D eigenvalue weighted by molar-refractivity contribution is 8.34. The first-order valence-electron chi connectivity index (χ1n) is 11.2. The zero-order chi connectivity index (χ0) is 19.9. The predicted octanol–water partition coefficient (Wildman–Crippen LogP) is 7.34. The van der Waals surface area contributed by atoms with E-state index in [1.54, 1.807) is 11.1 Å². The zero-order valence-corrected chi connectivity index (χ0v) is 19.6. The second kappa shape index (κ2) is 6.68. The van der Waals surface area contributed by atoms with Crippen molar-refractivity contribution in [1.29, 1.82) is 0 Å². The smallest absolute Gasteiger partial charge is 0.0256 e. The largest absolute Gasteiger partial charge is 0.233 e. The average Bonchev–Trinajstić information content (AvgIpc) is 3.62. The predicted molar refractivity (Wildman–Crippen MR) is 129 cm³/mol. The summed E-state index contributed by atoms with van der Waals surface area (Å²) in [6, 6.07) is 0. The van der Waals surface area contributed by atoms with Crippen LogP contribution in [0.5, 0.6) is 0 Å². The molecule has 6 unspecified atom stereocenters. The normalized spacial score (nSPS) is 41.4. The Morgan fingerprint density at radius 3 is 1.52 bits per heavy atom. The van der Waals surface area contributed by atoms with Crippen molar-refractivity contribution in [2.45, 2.75) is 36.2 Å². The van der Waals surface area contributed by atoms with Crippen molar-refractivity contribution < 1.29 is 0 Å². The highest BCUT2D eigenvalue weighted by Crippen LogP contribution is 2.70. The summed E-state index contributed by atoms with van der Waals surface area (Å²) in [5, 5.41) is 3.39. The minimum atomic E-state index is -0.945. The molecule has 0 spiro atoms. The molecule has 0 aromatic rings. The molecular formula is C26H30Cl2S. The molecule has 0 aliphatic heterocycles. The van der Waals surface area contributed by atoms with Crippen molar-refractivity contribution in [2.24, 2.45) is 35.5 Å². The maximum atomic E-state index is 6.73. The Morgan fingerprint density at radius 1 is 0.724 bits per heavy atom. The van der Waals surface area contributed by atoms with Gasteiger partial charge in [0.2, 0.25) is 0 Å². The fourth-order valence-electron chi connectivity index (χ4n) is 6.63. The highest BCUT2D eigenvalue weighted by atomic mass is 35.5. The first kappa shape index (κ1) is 19.1. The fraction of sp³-hybridized carbons (Fsp3) is 0.538. The molecule has 6 aliphatic rings. The Bertz CT molecular complexity index is 848.